The second kappa shape index (κ2) is 8.61. The first kappa shape index (κ1) is 21.8. The summed E-state index contributed by atoms with van der Waals surface area (Å²) in [5, 5.41) is 0.146. The molecule has 1 aliphatic heterocycles. The maximum atomic E-state index is 13.7. The molecule has 0 aliphatic carbocycles. The summed E-state index contributed by atoms with van der Waals surface area (Å²) in [6, 6.07) is 9.18. The molecule has 0 saturated carbocycles. The van der Waals surface area contributed by atoms with Gasteiger partial charge in [-0.05, 0) is 24.8 Å². The van der Waals surface area contributed by atoms with Crippen molar-refractivity contribution in [3.8, 4) is 11.5 Å². The lowest BCUT2D eigenvalue weighted by Gasteiger charge is -2.38. The van der Waals surface area contributed by atoms with Gasteiger partial charge < -0.3 is 10.2 Å². The van der Waals surface area contributed by atoms with Crippen LogP contribution in [0.3, 0.4) is 0 Å². The predicted molar refractivity (Wildman–Crippen MR) is 123 cm³/mol. The summed E-state index contributed by atoms with van der Waals surface area (Å²) in [5.41, 5.74) is 7.78. The van der Waals surface area contributed by atoms with Crippen LogP contribution in [0.4, 0.5) is 11.5 Å². The van der Waals surface area contributed by atoms with Gasteiger partial charge in [0.05, 0.1) is 30.5 Å². The molecule has 0 radical (unpaired) electrons. The van der Waals surface area contributed by atoms with Crippen molar-refractivity contribution in [1.82, 2.24) is 13.9 Å². The number of sulfonamides is 1. The largest absolute Gasteiger partial charge is 0.441 e. The number of halogens is 1. The Hall–Kier alpha value is -2.42. The van der Waals surface area contributed by atoms with Crippen molar-refractivity contribution >= 4 is 33.1 Å². The first-order valence-electron chi connectivity index (χ1n) is 10.4. The highest BCUT2D eigenvalue weighted by atomic mass is 35.5. The molecule has 0 atom stereocenters. The van der Waals surface area contributed by atoms with Crippen molar-refractivity contribution < 1.29 is 12.8 Å². The van der Waals surface area contributed by atoms with E-state index in [4.69, 9.17) is 21.8 Å². The number of piperidine rings is 1. The monoisotopic (exact) mass is 461 g/mol. The number of benzene rings is 1. The van der Waals surface area contributed by atoms with Gasteiger partial charge in [0.25, 0.3) is 5.82 Å². The summed E-state index contributed by atoms with van der Waals surface area (Å²) in [6.07, 6.45) is 6.38. The minimum absolute atomic E-state index is 0.0902. The lowest BCUT2D eigenvalue weighted by atomic mass is 10.1. The number of nitrogen functional groups attached to an aromatic ring is 1. The second-order valence-electron chi connectivity index (χ2n) is 7.82. The molecule has 1 fully saturated rings. The summed E-state index contributed by atoms with van der Waals surface area (Å²) in [6.45, 7) is 2.79. The van der Waals surface area contributed by atoms with Gasteiger partial charge in [-0.15, -0.1) is 0 Å². The maximum absolute atomic E-state index is 13.7. The first-order valence-corrected chi connectivity index (χ1v) is 12.4. The molecule has 4 rings (SSSR count). The third kappa shape index (κ3) is 3.95. The zero-order chi connectivity index (χ0) is 22.1. The van der Waals surface area contributed by atoms with Crippen LogP contribution in [0.15, 0.2) is 47.1 Å². The van der Waals surface area contributed by atoms with E-state index < -0.39 is 10.0 Å². The van der Waals surface area contributed by atoms with Gasteiger partial charge in [0, 0.05) is 12.6 Å². The van der Waals surface area contributed by atoms with Crippen molar-refractivity contribution in [3.05, 3.63) is 59.1 Å². The molecule has 7 nitrogen and oxygen atoms in total. The third-order valence-electron chi connectivity index (χ3n) is 5.82. The van der Waals surface area contributed by atoms with Crippen LogP contribution in [0.25, 0.3) is 11.5 Å². The Kier molecular flexibility index (Phi) is 6.05. The van der Waals surface area contributed by atoms with E-state index in [1.807, 2.05) is 37.3 Å². The van der Waals surface area contributed by atoms with Crippen LogP contribution in [0, 0.1) is 0 Å². The standard InChI is InChI=1S/C22H26ClN4O3S/c1-2-17-13-26-22(30-17)18-14-25-21(19(23)20(18)24)27(11-7-4-8-12-27)31(28,29)15-16-9-5-3-6-10-16/h3,5-6,9-10,13-14H,2,4,7-8,11-12,15H2,1H3,(H2,24,25)/q+1. The summed E-state index contributed by atoms with van der Waals surface area (Å²) < 4.78 is 32.9. The number of rotatable bonds is 6. The zero-order valence-corrected chi connectivity index (χ0v) is 19.0. The molecule has 0 bridgehead atoms. The quantitative estimate of drug-likeness (QED) is 0.540. The van der Waals surface area contributed by atoms with Crippen LogP contribution >= 0.6 is 11.6 Å². The number of quaternary nitrogens is 1. The lowest BCUT2D eigenvalue weighted by molar-refractivity contribution is 0.336. The normalized spacial score (nSPS) is 16.3. The topological polar surface area (TPSA) is 99.1 Å². The molecule has 31 heavy (non-hydrogen) atoms. The second-order valence-corrected chi connectivity index (χ2v) is 10.3. The van der Waals surface area contributed by atoms with E-state index in [9.17, 15) is 8.42 Å². The minimum Gasteiger partial charge on any atom is -0.441 e. The Morgan fingerprint density at radius 1 is 1.10 bits per heavy atom. The fourth-order valence-corrected chi connectivity index (χ4v) is 6.53. The lowest BCUT2D eigenvalue weighted by Crippen LogP contribution is -2.58. The highest BCUT2D eigenvalue weighted by Gasteiger charge is 2.48. The predicted octanol–water partition coefficient (Wildman–Crippen LogP) is 4.56. The third-order valence-corrected chi connectivity index (χ3v) is 8.49. The van der Waals surface area contributed by atoms with Gasteiger partial charge in [-0.3, -0.25) is 0 Å². The summed E-state index contributed by atoms with van der Waals surface area (Å²) in [5.74, 6) is 1.24. The molecule has 0 amide bonds. The van der Waals surface area contributed by atoms with Crippen molar-refractivity contribution in [2.24, 2.45) is 0 Å². The van der Waals surface area contributed by atoms with E-state index >= 15 is 0 Å². The van der Waals surface area contributed by atoms with Crippen molar-refractivity contribution in [3.63, 3.8) is 0 Å². The molecule has 1 saturated heterocycles. The Morgan fingerprint density at radius 2 is 1.81 bits per heavy atom. The zero-order valence-electron chi connectivity index (χ0n) is 17.4. The van der Waals surface area contributed by atoms with Crippen LogP contribution in [0.1, 0.15) is 37.5 Å². The summed E-state index contributed by atoms with van der Waals surface area (Å²) >= 11 is 6.68. The fourth-order valence-electron chi connectivity index (χ4n) is 4.09. The SMILES string of the molecule is CCc1cnc(-c2cnc([N+]3(S(=O)(=O)Cc4ccccc4)CCCCC3)c(Cl)c2N)o1. The van der Waals surface area contributed by atoms with E-state index in [1.54, 1.807) is 6.20 Å². The van der Waals surface area contributed by atoms with Crippen LogP contribution < -0.4 is 9.62 Å². The number of nitrogens with two attached hydrogens (primary N) is 1. The number of hydrogen-bond donors (Lipinski definition) is 1. The van der Waals surface area contributed by atoms with E-state index in [2.05, 4.69) is 9.97 Å². The van der Waals surface area contributed by atoms with Gasteiger partial charge in [-0.25, -0.2) is 9.97 Å². The molecule has 1 aliphatic rings. The average molecular weight is 462 g/mol. The van der Waals surface area contributed by atoms with Crippen molar-refractivity contribution in [1.29, 1.82) is 0 Å². The van der Waals surface area contributed by atoms with E-state index in [0.29, 0.717) is 31.0 Å². The molecule has 2 aromatic heterocycles. The molecular weight excluding hydrogens is 436 g/mol. The van der Waals surface area contributed by atoms with Gasteiger partial charge in [0.2, 0.25) is 5.89 Å². The molecule has 2 N–H and O–H groups in total. The molecule has 164 valence electrons. The Labute approximate surface area is 187 Å². The summed E-state index contributed by atoms with van der Waals surface area (Å²) in [7, 11) is -3.67. The highest BCUT2D eigenvalue weighted by molar-refractivity contribution is 7.90. The number of hydrogen-bond acceptors (Lipinski definition) is 6. The minimum atomic E-state index is -3.67. The van der Waals surface area contributed by atoms with Crippen LogP contribution in [0.2, 0.25) is 5.02 Å². The smallest absolute Gasteiger partial charge is 0.307 e. The molecule has 1 aromatic carbocycles. The molecular formula is C22H26ClN4O3S+. The van der Waals surface area contributed by atoms with Gasteiger partial charge in [0.1, 0.15) is 16.5 Å². The Bertz CT molecular complexity index is 1170. The number of oxazole rings is 1. The van der Waals surface area contributed by atoms with Crippen molar-refractivity contribution in [2.75, 3.05) is 18.8 Å². The molecule has 0 unspecified atom stereocenters. The molecule has 3 aromatic rings. The molecule has 3 heterocycles. The Balaban J connectivity index is 1.80. The number of aromatic nitrogens is 2. The Morgan fingerprint density at radius 3 is 2.45 bits per heavy atom. The van der Waals surface area contributed by atoms with E-state index in [0.717, 1.165) is 30.6 Å². The van der Waals surface area contributed by atoms with Crippen LogP contribution in [-0.2, 0) is 22.2 Å². The van der Waals surface area contributed by atoms with Crippen molar-refractivity contribution in [2.45, 2.75) is 38.4 Å². The summed E-state index contributed by atoms with van der Waals surface area (Å²) in [4.78, 5) is 8.79. The van der Waals surface area contributed by atoms with Gasteiger partial charge in [-0.1, -0.05) is 48.9 Å². The van der Waals surface area contributed by atoms with E-state index in [-0.39, 0.29) is 26.2 Å². The number of nitrogens with zero attached hydrogens (tertiary/aromatic N) is 3. The van der Waals surface area contributed by atoms with E-state index in [1.165, 1.54) is 6.20 Å². The van der Waals surface area contributed by atoms with Gasteiger partial charge in [-0.2, -0.15) is 12.3 Å². The number of pyridine rings is 1. The molecule has 9 heteroatoms. The van der Waals surface area contributed by atoms with Crippen LogP contribution in [-0.4, -0.2) is 31.5 Å². The van der Waals surface area contributed by atoms with Gasteiger partial charge >= 0.3 is 10.0 Å². The van der Waals surface area contributed by atoms with Gasteiger partial charge in [0.15, 0.2) is 0 Å². The first-order chi connectivity index (χ1) is 14.9. The number of aryl methyl sites for hydroxylation is 1. The number of anilines is 1. The maximum Gasteiger partial charge on any atom is 0.307 e. The van der Waals surface area contributed by atoms with Crippen LogP contribution in [0.5, 0.6) is 0 Å². The average Bonchev–Trinajstić information content (AvgIpc) is 3.25. The molecule has 0 spiro atoms. The highest BCUT2D eigenvalue weighted by Crippen LogP contribution is 2.43. The fraction of sp³-hybridized carbons (Fsp3) is 0.364.